The summed E-state index contributed by atoms with van der Waals surface area (Å²) < 4.78 is 18.5. The van der Waals surface area contributed by atoms with Gasteiger partial charge >= 0.3 is 0 Å². The van der Waals surface area contributed by atoms with Crippen molar-refractivity contribution in [2.24, 2.45) is 0 Å². The van der Waals surface area contributed by atoms with Crippen LogP contribution in [0, 0.1) is 5.82 Å². The third kappa shape index (κ3) is 3.91. The summed E-state index contributed by atoms with van der Waals surface area (Å²) in [5.74, 6) is -0.552. The minimum Gasteiger partial charge on any atom is -0.381 e. The second kappa shape index (κ2) is 6.61. The van der Waals surface area contributed by atoms with Gasteiger partial charge in [-0.3, -0.25) is 4.79 Å². The van der Waals surface area contributed by atoms with Crippen LogP contribution < -0.4 is 0 Å². The van der Waals surface area contributed by atoms with Crippen LogP contribution in [0.25, 0.3) is 0 Å². The minimum absolute atomic E-state index is 0.0467. The second-order valence-corrected chi connectivity index (χ2v) is 3.78. The number of rotatable bonds is 6. The molecule has 0 aliphatic rings. The molecule has 0 saturated carbocycles. The van der Waals surface area contributed by atoms with Crippen molar-refractivity contribution in [1.82, 2.24) is 0 Å². The van der Waals surface area contributed by atoms with Crippen LogP contribution in [0.1, 0.15) is 18.9 Å². The van der Waals surface area contributed by atoms with Crippen molar-refractivity contribution in [1.29, 1.82) is 0 Å². The average Bonchev–Trinajstić information content (AvgIpc) is 2.25. The van der Waals surface area contributed by atoms with E-state index < -0.39 is 5.82 Å². The Hall–Kier alpha value is -0.930. The predicted molar refractivity (Wildman–Crippen MR) is 61.2 cm³/mol. The van der Waals surface area contributed by atoms with E-state index in [0.717, 1.165) is 0 Å². The number of ether oxygens (including phenoxy) is 1. The highest BCUT2D eigenvalue weighted by atomic mass is 35.5. The van der Waals surface area contributed by atoms with Crippen LogP contribution in [-0.4, -0.2) is 19.0 Å². The molecule has 16 heavy (non-hydrogen) atoms. The topological polar surface area (TPSA) is 26.3 Å². The molecule has 0 N–H and O–H groups in total. The number of halogens is 2. The fraction of sp³-hybridized carbons (Fsp3) is 0.417. The Bertz CT molecular complexity index is 366. The molecule has 0 amide bonds. The maximum Gasteiger partial charge on any atom is 0.145 e. The molecule has 4 heteroatoms. The molecule has 1 aromatic rings. The molecule has 0 radical (unpaired) electrons. The number of hydrogen-bond acceptors (Lipinski definition) is 2. The Morgan fingerprint density at radius 1 is 1.50 bits per heavy atom. The van der Waals surface area contributed by atoms with Crippen molar-refractivity contribution >= 4 is 17.4 Å². The first-order valence-electron chi connectivity index (χ1n) is 5.17. The molecule has 0 bridgehead atoms. The van der Waals surface area contributed by atoms with Crippen molar-refractivity contribution in [3.05, 3.63) is 34.6 Å². The number of carbonyl (C=O) groups is 1. The van der Waals surface area contributed by atoms with Gasteiger partial charge in [0, 0.05) is 19.4 Å². The maximum absolute atomic E-state index is 13.4. The van der Waals surface area contributed by atoms with Gasteiger partial charge in [0.05, 0.1) is 11.6 Å². The summed E-state index contributed by atoms with van der Waals surface area (Å²) in [5, 5.41) is 0.0510. The van der Waals surface area contributed by atoms with E-state index >= 15 is 0 Å². The summed E-state index contributed by atoms with van der Waals surface area (Å²) in [6, 6.07) is 4.67. The zero-order valence-corrected chi connectivity index (χ0v) is 9.89. The SMILES string of the molecule is CCOCCC(=O)Cc1cccc(Cl)c1F. The van der Waals surface area contributed by atoms with E-state index in [4.69, 9.17) is 16.3 Å². The van der Waals surface area contributed by atoms with E-state index in [1.54, 1.807) is 12.1 Å². The number of benzene rings is 1. The van der Waals surface area contributed by atoms with E-state index in [2.05, 4.69) is 0 Å². The van der Waals surface area contributed by atoms with Crippen molar-refractivity contribution in [3.8, 4) is 0 Å². The quantitative estimate of drug-likeness (QED) is 0.719. The maximum atomic E-state index is 13.4. The van der Waals surface area contributed by atoms with Crippen LogP contribution in [0.15, 0.2) is 18.2 Å². The third-order valence-corrected chi connectivity index (χ3v) is 2.44. The molecule has 0 aliphatic carbocycles. The van der Waals surface area contributed by atoms with Gasteiger partial charge in [-0.05, 0) is 18.6 Å². The molecule has 0 fully saturated rings. The Morgan fingerprint density at radius 2 is 2.25 bits per heavy atom. The highest BCUT2D eigenvalue weighted by Gasteiger charge is 2.10. The molecule has 88 valence electrons. The molecular weight excluding hydrogens is 231 g/mol. The lowest BCUT2D eigenvalue weighted by Gasteiger charge is -2.04. The molecule has 0 spiro atoms. The van der Waals surface area contributed by atoms with Gasteiger partial charge in [0.25, 0.3) is 0 Å². The number of ketones is 1. The van der Waals surface area contributed by atoms with Gasteiger partial charge in [-0.1, -0.05) is 23.7 Å². The Balaban J connectivity index is 2.53. The van der Waals surface area contributed by atoms with E-state index in [9.17, 15) is 9.18 Å². The van der Waals surface area contributed by atoms with E-state index in [-0.39, 0.29) is 17.2 Å². The van der Waals surface area contributed by atoms with Crippen LogP contribution in [0.5, 0.6) is 0 Å². The first-order chi connectivity index (χ1) is 7.65. The summed E-state index contributed by atoms with van der Waals surface area (Å²) in [4.78, 5) is 11.5. The summed E-state index contributed by atoms with van der Waals surface area (Å²) in [6.07, 6.45) is 0.374. The summed E-state index contributed by atoms with van der Waals surface area (Å²) >= 11 is 5.61. The summed E-state index contributed by atoms with van der Waals surface area (Å²) in [6.45, 7) is 2.83. The van der Waals surface area contributed by atoms with Crippen LogP contribution in [0.4, 0.5) is 4.39 Å². The van der Waals surface area contributed by atoms with Crippen molar-refractivity contribution < 1.29 is 13.9 Å². The molecule has 0 heterocycles. The van der Waals surface area contributed by atoms with Gasteiger partial charge < -0.3 is 4.74 Å². The van der Waals surface area contributed by atoms with Gasteiger partial charge in [0.1, 0.15) is 11.6 Å². The zero-order valence-electron chi connectivity index (χ0n) is 9.13. The average molecular weight is 245 g/mol. The van der Waals surface area contributed by atoms with Crippen molar-refractivity contribution in [3.63, 3.8) is 0 Å². The van der Waals surface area contributed by atoms with E-state index in [1.807, 2.05) is 6.92 Å². The lowest BCUT2D eigenvalue weighted by molar-refractivity contribution is -0.119. The number of carbonyl (C=O) groups excluding carboxylic acids is 1. The fourth-order valence-corrected chi connectivity index (χ4v) is 1.51. The lowest BCUT2D eigenvalue weighted by atomic mass is 10.1. The van der Waals surface area contributed by atoms with Crippen LogP contribution >= 0.6 is 11.6 Å². The highest BCUT2D eigenvalue weighted by Crippen LogP contribution is 2.18. The van der Waals surface area contributed by atoms with Crippen LogP contribution in [0.3, 0.4) is 0 Å². The standard InChI is InChI=1S/C12H14ClFO2/c1-2-16-7-6-10(15)8-9-4-3-5-11(13)12(9)14/h3-5H,2,6-8H2,1H3. The van der Waals surface area contributed by atoms with Gasteiger partial charge in [0.15, 0.2) is 0 Å². The van der Waals surface area contributed by atoms with Gasteiger partial charge in [-0.25, -0.2) is 4.39 Å². The lowest BCUT2D eigenvalue weighted by Crippen LogP contribution is -2.08. The second-order valence-electron chi connectivity index (χ2n) is 3.38. The minimum atomic E-state index is -0.506. The first-order valence-corrected chi connectivity index (χ1v) is 5.55. The Labute approximate surface area is 99.4 Å². The van der Waals surface area contributed by atoms with Gasteiger partial charge in [-0.2, -0.15) is 0 Å². The fourth-order valence-electron chi connectivity index (χ4n) is 1.32. The number of Topliss-reactive ketones (excluding diaryl/α,β-unsaturated/α-hetero) is 1. The van der Waals surface area contributed by atoms with Gasteiger partial charge in [0.2, 0.25) is 0 Å². The Kier molecular flexibility index (Phi) is 5.43. The Morgan fingerprint density at radius 3 is 2.94 bits per heavy atom. The van der Waals surface area contributed by atoms with Crippen molar-refractivity contribution in [2.75, 3.05) is 13.2 Å². The highest BCUT2D eigenvalue weighted by molar-refractivity contribution is 6.30. The van der Waals surface area contributed by atoms with E-state index in [1.165, 1.54) is 6.07 Å². The largest absolute Gasteiger partial charge is 0.381 e. The molecule has 0 atom stereocenters. The third-order valence-electron chi connectivity index (χ3n) is 2.15. The normalized spacial score (nSPS) is 10.4. The molecule has 0 saturated heterocycles. The molecule has 1 aromatic carbocycles. The molecule has 1 rings (SSSR count). The summed E-state index contributed by atoms with van der Waals surface area (Å²) in [5.41, 5.74) is 0.342. The number of hydrogen-bond donors (Lipinski definition) is 0. The molecular formula is C12H14ClFO2. The summed E-state index contributed by atoms with van der Waals surface area (Å²) in [7, 11) is 0. The monoisotopic (exact) mass is 244 g/mol. The molecule has 0 unspecified atom stereocenters. The van der Waals surface area contributed by atoms with E-state index in [0.29, 0.717) is 25.2 Å². The predicted octanol–water partition coefficient (Wildman–Crippen LogP) is 3.02. The van der Waals surface area contributed by atoms with Crippen molar-refractivity contribution in [2.45, 2.75) is 19.8 Å². The zero-order chi connectivity index (χ0) is 12.0. The van der Waals surface area contributed by atoms with Crippen LogP contribution in [0.2, 0.25) is 5.02 Å². The smallest absolute Gasteiger partial charge is 0.145 e. The molecule has 2 nitrogen and oxygen atoms in total. The molecule has 0 aliphatic heterocycles. The molecule has 0 aromatic heterocycles. The first kappa shape index (κ1) is 13.1. The van der Waals surface area contributed by atoms with Crippen LogP contribution in [-0.2, 0) is 16.0 Å². The van der Waals surface area contributed by atoms with Gasteiger partial charge in [-0.15, -0.1) is 0 Å².